The third-order valence-corrected chi connectivity index (χ3v) is 6.41. The highest BCUT2D eigenvalue weighted by atomic mass is 16.5. The maximum Gasteiger partial charge on any atom is 0.311 e. The van der Waals surface area contributed by atoms with E-state index in [0.29, 0.717) is 12.6 Å². The molecule has 3 aliphatic rings. The first kappa shape index (κ1) is 17.1. The van der Waals surface area contributed by atoms with Gasteiger partial charge in [0.25, 0.3) is 0 Å². The zero-order chi connectivity index (χ0) is 17.3. The molecular weight excluding hydrogens is 320 g/mol. The van der Waals surface area contributed by atoms with Crippen LogP contribution in [0, 0.1) is 11.3 Å². The minimum Gasteiger partial charge on any atom is -0.481 e. The Hall–Kier alpha value is -1.37. The minimum atomic E-state index is -0.610. The predicted molar refractivity (Wildman–Crippen MR) is 92.2 cm³/mol. The van der Waals surface area contributed by atoms with Crippen molar-refractivity contribution in [1.82, 2.24) is 9.80 Å². The van der Waals surface area contributed by atoms with Crippen molar-refractivity contribution in [2.75, 3.05) is 39.4 Å². The molecular formula is C19H28N2O4. The van der Waals surface area contributed by atoms with E-state index in [4.69, 9.17) is 9.15 Å². The number of fused-ring (bicyclic) bond motifs is 1. The number of nitrogens with zero attached hydrogens (tertiary/aromatic N) is 2. The van der Waals surface area contributed by atoms with E-state index in [1.165, 1.54) is 0 Å². The molecule has 1 N–H and O–H groups in total. The summed E-state index contributed by atoms with van der Waals surface area (Å²) < 4.78 is 10.7. The van der Waals surface area contributed by atoms with Crippen molar-refractivity contribution in [3.05, 3.63) is 24.2 Å². The fourth-order valence-corrected chi connectivity index (χ4v) is 5.06. The van der Waals surface area contributed by atoms with Gasteiger partial charge >= 0.3 is 5.97 Å². The summed E-state index contributed by atoms with van der Waals surface area (Å²) in [5.41, 5.74) is 0.530. The number of likely N-dealkylation sites (tertiary alicyclic amines) is 2. The number of carboxylic acids is 1. The zero-order valence-electron chi connectivity index (χ0n) is 14.7. The Morgan fingerprint density at radius 2 is 2.16 bits per heavy atom. The second kappa shape index (κ2) is 7.09. The Morgan fingerprint density at radius 1 is 1.32 bits per heavy atom. The third-order valence-electron chi connectivity index (χ3n) is 6.41. The summed E-state index contributed by atoms with van der Waals surface area (Å²) in [6, 6.07) is 2.52. The summed E-state index contributed by atoms with van der Waals surface area (Å²) >= 11 is 0. The zero-order valence-corrected chi connectivity index (χ0v) is 14.7. The van der Waals surface area contributed by atoms with Gasteiger partial charge in [-0.2, -0.15) is 0 Å². The van der Waals surface area contributed by atoms with Gasteiger partial charge in [-0.05, 0) is 38.3 Å². The molecule has 0 aromatic carbocycles. The van der Waals surface area contributed by atoms with Crippen LogP contribution in [-0.4, -0.2) is 66.3 Å². The van der Waals surface area contributed by atoms with E-state index < -0.39 is 11.4 Å². The molecule has 6 nitrogen and oxygen atoms in total. The Morgan fingerprint density at radius 3 is 2.88 bits per heavy atom. The lowest BCUT2D eigenvalue weighted by atomic mass is 9.75. The third kappa shape index (κ3) is 3.35. The fraction of sp³-hybridized carbons (Fsp3) is 0.737. The van der Waals surface area contributed by atoms with E-state index in [1.807, 2.05) is 6.07 Å². The number of rotatable bonds is 4. The van der Waals surface area contributed by atoms with Crippen LogP contribution in [0.2, 0.25) is 0 Å². The van der Waals surface area contributed by atoms with Crippen LogP contribution in [0.5, 0.6) is 0 Å². The average molecular weight is 348 g/mol. The average Bonchev–Trinajstić information content (AvgIpc) is 3.20. The lowest BCUT2D eigenvalue weighted by Gasteiger charge is -2.36. The molecule has 0 aliphatic carbocycles. The first-order chi connectivity index (χ1) is 12.2. The second-order valence-electron chi connectivity index (χ2n) is 7.90. The molecule has 25 heavy (non-hydrogen) atoms. The largest absolute Gasteiger partial charge is 0.481 e. The number of aliphatic carboxylic acids is 1. The Labute approximate surface area is 148 Å². The van der Waals surface area contributed by atoms with Crippen LogP contribution in [-0.2, 0) is 16.1 Å². The smallest absolute Gasteiger partial charge is 0.311 e. The molecule has 0 amide bonds. The van der Waals surface area contributed by atoms with E-state index in [1.54, 1.807) is 12.5 Å². The molecule has 0 saturated carbocycles. The molecule has 3 saturated heterocycles. The Balaban J connectivity index is 1.50. The van der Waals surface area contributed by atoms with Crippen molar-refractivity contribution in [3.63, 3.8) is 0 Å². The molecule has 2 atom stereocenters. The quantitative estimate of drug-likeness (QED) is 0.898. The maximum absolute atomic E-state index is 12.3. The van der Waals surface area contributed by atoms with Gasteiger partial charge in [-0.1, -0.05) is 0 Å². The van der Waals surface area contributed by atoms with Crippen LogP contribution in [0.15, 0.2) is 23.0 Å². The van der Waals surface area contributed by atoms with Gasteiger partial charge in [0.05, 0.1) is 17.9 Å². The number of hydrogen-bond donors (Lipinski definition) is 1. The summed E-state index contributed by atoms with van der Waals surface area (Å²) in [5.74, 6) is -0.414. The van der Waals surface area contributed by atoms with Gasteiger partial charge in [-0.3, -0.25) is 14.6 Å². The first-order valence-corrected chi connectivity index (χ1v) is 9.46. The van der Waals surface area contributed by atoms with Crippen LogP contribution >= 0.6 is 0 Å². The van der Waals surface area contributed by atoms with Crippen molar-refractivity contribution in [2.45, 2.75) is 38.3 Å². The summed E-state index contributed by atoms with van der Waals surface area (Å²) in [6.07, 6.45) is 7.35. The molecule has 0 unspecified atom stereocenters. The van der Waals surface area contributed by atoms with E-state index in [-0.39, 0.29) is 5.92 Å². The molecule has 4 heterocycles. The van der Waals surface area contributed by atoms with Gasteiger partial charge in [0.1, 0.15) is 0 Å². The molecule has 1 aromatic rings. The van der Waals surface area contributed by atoms with Crippen molar-refractivity contribution >= 4 is 5.97 Å². The van der Waals surface area contributed by atoms with Crippen LogP contribution in [0.3, 0.4) is 0 Å². The second-order valence-corrected chi connectivity index (χ2v) is 7.90. The number of ether oxygens (including phenoxy) is 1. The highest BCUT2D eigenvalue weighted by Gasteiger charge is 2.53. The molecule has 4 rings (SSSR count). The Kier molecular flexibility index (Phi) is 4.84. The van der Waals surface area contributed by atoms with Gasteiger partial charge in [-0.15, -0.1) is 0 Å². The molecule has 6 heteroatoms. The normalized spacial score (nSPS) is 32.4. The van der Waals surface area contributed by atoms with Crippen molar-refractivity contribution in [2.24, 2.45) is 11.3 Å². The molecule has 3 fully saturated rings. The fourth-order valence-electron chi connectivity index (χ4n) is 5.06. The van der Waals surface area contributed by atoms with Crippen molar-refractivity contribution < 1.29 is 19.1 Å². The number of carboxylic acid groups (broad SMARTS) is 1. The van der Waals surface area contributed by atoms with Gasteiger partial charge < -0.3 is 14.3 Å². The first-order valence-electron chi connectivity index (χ1n) is 9.46. The van der Waals surface area contributed by atoms with E-state index >= 15 is 0 Å². The SMILES string of the molecule is O=C(O)[C@]12CCCN(C3CCOCC3)C[C@H]1CN(Cc1ccoc1)C2. The van der Waals surface area contributed by atoms with Gasteiger partial charge in [0.2, 0.25) is 0 Å². The Bertz CT molecular complexity index is 584. The van der Waals surface area contributed by atoms with E-state index in [0.717, 1.165) is 70.6 Å². The summed E-state index contributed by atoms with van der Waals surface area (Å²) in [5, 5.41) is 10.1. The van der Waals surface area contributed by atoms with Crippen molar-refractivity contribution in [3.8, 4) is 0 Å². The molecule has 0 radical (unpaired) electrons. The molecule has 1 aromatic heterocycles. The summed E-state index contributed by atoms with van der Waals surface area (Å²) in [7, 11) is 0. The monoisotopic (exact) mass is 348 g/mol. The highest BCUT2D eigenvalue weighted by Crippen LogP contribution is 2.44. The predicted octanol–water partition coefficient (Wildman–Crippen LogP) is 2.06. The van der Waals surface area contributed by atoms with Crippen LogP contribution < -0.4 is 0 Å². The van der Waals surface area contributed by atoms with Crippen LogP contribution in [0.1, 0.15) is 31.2 Å². The van der Waals surface area contributed by atoms with Crippen LogP contribution in [0.25, 0.3) is 0 Å². The minimum absolute atomic E-state index is 0.197. The van der Waals surface area contributed by atoms with Gasteiger partial charge in [0, 0.05) is 56.9 Å². The summed E-state index contributed by atoms with van der Waals surface area (Å²) in [6.45, 7) is 5.89. The summed E-state index contributed by atoms with van der Waals surface area (Å²) in [4.78, 5) is 17.1. The maximum atomic E-state index is 12.3. The molecule has 0 spiro atoms. The van der Waals surface area contributed by atoms with Crippen LogP contribution in [0.4, 0.5) is 0 Å². The molecule has 138 valence electrons. The standard InChI is InChI=1S/C19H28N2O4/c22-18(23)19-5-1-6-21(17-3-8-24-9-4-17)12-16(19)11-20(14-19)10-15-2-7-25-13-15/h2,7,13,16-17H,1,3-6,8-12,14H2,(H,22,23)/t16-,19+/m1/s1. The molecule has 0 bridgehead atoms. The van der Waals surface area contributed by atoms with Gasteiger partial charge in [0.15, 0.2) is 0 Å². The number of hydrogen-bond acceptors (Lipinski definition) is 5. The number of furan rings is 1. The van der Waals surface area contributed by atoms with Gasteiger partial charge in [-0.25, -0.2) is 0 Å². The number of carbonyl (C=O) groups is 1. The lowest BCUT2D eigenvalue weighted by molar-refractivity contribution is -0.151. The molecule has 3 aliphatic heterocycles. The van der Waals surface area contributed by atoms with Crippen molar-refractivity contribution in [1.29, 1.82) is 0 Å². The van der Waals surface area contributed by atoms with E-state index in [9.17, 15) is 9.90 Å². The topological polar surface area (TPSA) is 66.2 Å². The lowest BCUT2D eigenvalue weighted by Crippen LogP contribution is -2.45. The van der Waals surface area contributed by atoms with E-state index in [2.05, 4.69) is 9.80 Å². The highest BCUT2D eigenvalue weighted by molar-refractivity contribution is 5.76.